The molecule has 0 aliphatic carbocycles. The summed E-state index contributed by atoms with van der Waals surface area (Å²) in [5.41, 5.74) is 0.364. The van der Waals surface area contributed by atoms with Crippen molar-refractivity contribution in [3.63, 3.8) is 0 Å². The quantitative estimate of drug-likeness (QED) is 0.416. The highest BCUT2D eigenvalue weighted by Crippen LogP contribution is 2.23. The van der Waals surface area contributed by atoms with Crippen molar-refractivity contribution < 1.29 is 9.53 Å². The molecule has 0 aliphatic heterocycles. The van der Waals surface area contributed by atoms with Gasteiger partial charge in [0.15, 0.2) is 0 Å². The number of halogens is 3. The Hall–Kier alpha value is -0.780. The van der Waals surface area contributed by atoms with Gasteiger partial charge in [-0.2, -0.15) is 0 Å². The predicted molar refractivity (Wildman–Crippen MR) is 80.6 cm³/mol. The van der Waals surface area contributed by atoms with Crippen LogP contribution >= 0.6 is 45.8 Å². The van der Waals surface area contributed by atoms with Gasteiger partial charge in [-0.05, 0) is 65.1 Å². The molecule has 0 fully saturated rings. The summed E-state index contributed by atoms with van der Waals surface area (Å²) < 4.78 is 6.28. The van der Waals surface area contributed by atoms with E-state index in [1.807, 2.05) is 12.1 Å². The first-order chi connectivity index (χ1) is 8.56. The van der Waals surface area contributed by atoms with Gasteiger partial charge >= 0.3 is 5.97 Å². The Bertz CT molecular complexity index is 582. The van der Waals surface area contributed by atoms with Gasteiger partial charge in [0.25, 0.3) is 0 Å². The van der Waals surface area contributed by atoms with Gasteiger partial charge in [-0.3, -0.25) is 0 Å². The lowest BCUT2D eigenvalue weighted by molar-refractivity contribution is 0.0735. The van der Waals surface area contributed by atoms with E-state index in [1.165, 1.54) is 6.07 Å². The Kier molecular flexibility index (Phi) is 4.48. The van der Waals surface area contributed by atoms with Crippen LogP contribution < -0.4 is 4.74 Å². The molecule has 0 amide bonds. The van der Waals surface area contributed by atoms with Crippen LogP contribution in [0.5, 0.6) is 5.75 Å². The number of esters is 1. The second-order valence-corrected chi connectivity index (χ2v) is 5.53. The fourth-order valence-electron chi connectivity index (χ4n) is 1.29. The third kappa shape index (κ3) is 3.37. The van der Waals surface area contributed by atoms with Gasteiger partial charge in [-0.25, -0.2) is 4.79 Å². The largest absolute Gasteiger partial charge is 0.423 e. The second kappa shape index (κ2) is 5.91. The summed E-state index contributed by atoms with van der Waals surface area (Å²) in [6.07, 6.45) is 0. The number of hydrogen-bond donors (Lipinski definition) is 0. The van der Waals surface area contributed by atoms with Crippen LogP contribution in [0.3, 0.4) is 0 Å². The number of benzene rings is 2. The zero-order valence-electron chi connectivity index (χ0n) is 8.99. The number of rotatable bonds is 2. The lowest BCUT2D eigenvalue weighted by atomic mass is 10.2. The smallest absolute Gasteiger partial charge is 0.343 e. The van der Waals surface area contributed by atoms with Gasteiger partial charge in [-0.1, -0.05) is 23.2 Å². The molecule has 2 rings (SSSR count). The van der Waals surface area contributed by atoms with Crippen molar-refractivity contribution in [2.75, 3.05) is 0 Å². The highest BCUT2D eigenvalue weighted by atomic mass is 127. The van der Waals surface area contributed by atoms with E-state index in [1.54, 1.807) is 24.3 Å². The van der Waals surface area contributed by atoms with Crippen molar-refractivity contribution in [2.45, 2.75) is 0 Å². The van der Waals surface area contributed by atoms with Crippen molar-refractivity contribution in [3.8, 4) is 5.75 Å². The van der Waals surface area contributed by atoms with Crippen LogP contribution in [0.25, 0.3) is 0 Å². The molecule has 0 bridgehead atoms. The molecule has 0 aliphatic rings. The molecular formula is C13H7Cl2IO2. The third-order valence-corrected chi connectivity index (χ3v) is 3.64. The predicted octanol–water partition coefficient (Wildman–Crippen LogP) is 4.82. The van der Waals surface area contributed by atoms with Crippen LogP contribution in [0, 0.1) is 3.57 Å². The number of hydrogen-bond acceptors (Lipinski definition) is 2. The molecule has 0 radical (unpaired) electrons. The van der Waals surface area contributed by atoms with Crippen molar-refractivity contribution in [1.82, 2.24) is 0 Å². The summed E-state index contributed by atoms with van der Waals surface area (Å²) in [4.78, 5) is 11.8. The molecule has 2 nitrogen and oxygen atoms in total. The van der Waals surface area contributed by atoms with Gasteiger partial charge < -0.3 is 4.74 Å². The lowest BCUT2D eigenvalue weighted by Gasteiger charge is -2.05. The molecule has 0 unspecified atom stereocenters. The molecule has 0 N–H and O–H groups in total. The molecule has 0 spiro atoms. The van der Waals surface area contributed by atoms with E-state index in [4.69, 9.17) is 27.9 Å². The monoisotopic (exact) mass is 392 g/mol. The summed E-state index contributed by atoms with van der Waals surface area (Å²) in [5, 5.41) is 0.733. The molecule has 0 atom stereocenters. The number of carbonyl (C=O) groups excluding carboxylic acids is 1. The van der Waals surface area contributed by atoms with Crippen LogP contribution in [-0.4, -0.2) is 5.97 Å². The highest BCUT2D eigenvalue weighted by molar-refractivity contribution is 14.1. The molecule has 18 heavy (non-hydrogen) atoms. The maximum Gasteiger partial charge on any atom is 0.343 e. The summed E-state index contributed by atoms with van der Waals surface area (Å²) in [5.74, 6) is 0.0289. The van der Waals surface area contributed by atoms with Crippen LogP contribution in [0.2, 0.25) is 10.0 Å². The van der Waals surface area contributed by atoms with Gasteiger partial charge in [0.2, 0.25) is 0 Å². The molecule has 5 heteroatoms. The highest BCUT2D eigenvalue weighted by Gasteiger charge is 2.10. The van der Waals surface area contributed by atoms with E-state index < -0.39 is 5.97 Å². The van der Waals surface area contributed by atoms with Crippen molar-refractivity contribution in [1.29, 1.82) is 0 Å². The fourth-order valence-corrected chi connectivity index (χ4v) is 1.95. The van der Waals surface area contributed by atoms with E-state index in [2.05, 4.69) is 22.6 Å². The summed E-state index contributed by atoms with van der Waals surface area (Å²) in [6.45, 7) is 0. The summed E-state index contributed by atoms with van der Waals surface area (Å²) in [6, 6.07) is 11.8. The summed E-state index contributed by atoms with van der Waals surface area (Å²) >= 11 is 13.8. The van der Waals surface area contributed by atoms with E-state index in [0.717, 1.165) is 3.57 Å². The van der Waals surface area contributed by atoms with E-state index in [9.17, 15) is 4.79 Å². The minimum Gasteiger partial charge on any atom is -0.423 e. The van der Waals surface area contributed by atoms with Gasteiger partial charge in [0, 0.05) is 3.57 Å². The molecule has 0 saturated heterocycles. The number of ether oxygens (including phenoxy) is 1. The molecule has 0 saturated carbocycles. The standard InChI is InChI=1S/C13H7Cl2IO2/c14-11-6-1-8(7-12(11)15)13(17)18-10-4-2-9(16)3-5-10/h1-7H. The first kappa shape index (κ1) is 13.6. The maximum absolute atomic E-state index is 11.8. The van der Waals surface area contributed by atoms with Crippen molar-refractivity contribution >= 4 is 51.8 Å². The first-order valence-electron chi connectivity index (χ1n) is 4.99. The minimum atomic E-state index is -0.463. The first-order valence-corrected chi connectivity index (χ1v) is 6.82. The second-order valence-electron chi connectivity index (χ2n) is 3.47. The van der Waals surface area contributed by atoms with Crippen LogP contribution in [0.15, 0.2) is 42.5 Å². The van der Waals surface area contributed by atoms with Crippen molar-refractivity contribution in [2.24, 2.45) is 0 Å². The van der Waals surface area contributed by atoms with Gasteiger partial charge in [-0.15, -0.1) is 0 Å². The fraction of sp³-hybridized carbons (Fsp3) is 0. The van der Waals surface area contributed by atoms with E-state index in [-0.39, 0.29) is 0 Å². The Labute approximate surface area is 128 Å². The average Bonchev–Trinajstić information content (AvgIpc) is 2.35. The summed E-state index contributed by atoms with van der Waals surface area (Å²) in [7, 11) is 0. The Morgan fingerprint density at radius 1 is 1.00 bits per heavy atom. The lowest BCUT2D eigenvalue weighted by Crippen LogP contribution is -2.08. The third-order valence-electron chi connectivity index (χ3n) is 2.18. The van der Waals surface area contributed by atoms with Crippen LogP contribution in [0.1, 0.15) is 10.4 Å². The average molecular weight is 393 g/mol. The minimum absolute atomic E-state index is 0.328. The van der Waals surface area contributed by atoms with Crippen LogP contribution in [-0.2, 0) is 0 Å². The van der Waals surface area contributed by atoms with Gasteiger partial charge in [0.05, 0.1) is 15.6 Å². The molecule has 0 aromatic heterocycles. The zero-order chi connectivity index (χ0) is 13.1. The Balaban J connectivity index is 2.16. The number of carbonyl (C=O) groups is 1. The Morgan fingerprint density at radius 2 is 1.67 bits per heavy atom. The molecule has 0 heterocycles. The molecule has 2 aromatic rings. The van der Waals surface area contributed by atoms with E-state index in [0.29, 0.717) is 21.4 Å². The van der Waals surface area contributed by atoms with Crippen LogP contribution in [0.4, 0.5) is 0 Å². The SMILES string of the molecule is O=C(Oc1ccc(I)cc1)c1ccc(Cl)c(Cl)c1. The maximum atomic E-state index is 11.8. The van der Waals surface area contributed by atoms with Gasteiger partial charge in [0.1, 0.15) is 5.75 Å². The topological polar surface area (TPSA) is 26.3 Å². The Morgan fingerprint density at radius 3 is 2.28 bits per heavy atom. The molecule has 2 aromatic carbocycles. The zero-order valence-corrected chi connectivity index (χ0v) is 12.7. The van der Waals surface area contributed by atoms with E-state index >= 15 is 0 Å². The molecular weight excluding hydrogens is 386 g/mol. The van der Waals surface area contributed by atoms with Crippen molar-refractivity contribution in [3.05, 3.63) is 61.6 Å². The normalized spacial score (nSPS) is 10.2. The molecule has 92 valence electrons.